The minimum Gasteiger partial charge on any atom is -0.748 e. The Hall–Kier alpha value is 1.51. The van der Waals surface area contributed by atoms with Crippen LogP contribution in [0.5, 0.6) is 0 Å². The first-order valence-corrected chi connectivity index (χ1v) is 11.5. The van der Waals surface area contributed by atoms with Gasteiger partial charge in [0.2, 0.25) is 0 Å². The van der Waals surface area contributed by atoms with Crippen molar-refractivity contribution in [1.82, 2.24) is 0 Å². The van der Waals surface area contributed by atoms with Gasteiger partial charge in [0.25, 0.3) is 0 Å². The van der Waals surface area contributed by atoms with Crippen LogP contribution in [0.15, 0.2) is 0 Å². The van der Waals surface area contributed by atoms with Gasteiger partial charge >= 0.3 is 51.4 Å². The minimum atomic E-state index is -4.08. The van der Waals surface area contributed by atoms with Crippen molar-refractivity contribution in [1.29, 1.82) is 0 Å². The van der Waals surface area contributed by atoms with Gasteiger partial charge in [-0.15, -0.1) is 0 Å². The van der Waals surface area contributed by atoms with Crippen molar-refractivity contribution < 1.29 is 69.5 Å². The largest absolute Gasteiger partial charge is 1.00 e. The number of hydrogen-bond acceptors (Lipinski definition) is 4. The molecule has 0 rings (SSSR count). The molecule has 0 spiro atoms. The number of hydrogen-bond donors (Lipinski definition) is 1. The van der Waals surface area contributed by atoms with Gasteiger partial charge in [-0.25, -0.2) is 8.42 Å². The van der Waals surface area contributed by atoms with Gasteiger partial charge in [-0.3, -0.25) is 0 Å². The molecule has 0 aliphatic rings. The molecule has 0 saturated heterocycles. The molecule has 0 heterocycles. The molecule has 0 aromatic rings. The van der Waals surface area contributed by atoms with Gasteiger partial charge in [0.05, 0.1) is 10.1 Å². The molecule has 0 aliphatic heterocycles. The third-order valence-electron chi connectivity index (χ3n) is 4.76. The van der Waals surface area contributed by atoms with E-state index in [4.69, 9.17) is 5.11 Å². The molecule has 0 saturated carbocycles. The quantitative estimate of drug-likeness (QED) is 0.216. The molecule has 0 radical (unpaired) electrons. The molecule has 0 fully saturated rings. The van der Waals surface area contributed by atoms with Crippen molar-refractivity contribution in [3.05, 3.63) is 0 Å². The van der Waals surface area contributed by atoms with Gasteiger partial charge in [-0.05, 0) is 19.8 Å². The van der Waals surface area contributed by atoms with Crippen molar-refractivity contribution in [3.8, 4) is 0 Å². The standard InChI is InChI=1S/C19H40O4S.K/c1-19(24(21,22)23)17-15-13-11-9-7-5-3-2-4-6-8-10-12-14-16-18-20;/h19-20H,2-18H2,1H3,(H,21,22,23);/q;+1/p-1. The Morgan fingerprint density at radius 2 is 0.960 bits per heavy atom. The van der Waals surface area contributed by atoms with E-state index in [9.17, 15) is 13.0 Å². The maximum Gasteiger partial charge on any atom is 1.00 e. The predicted molar refractivity (Wildman–Crippen MR) is 100 cm³/mol. The van der Waals surface area contributed by atoms with Crippen molar-refractivity contribution >= 4 is 10.1 Å². The van der Waals surface area contributed by atoms with Crippen LogP contribution in [0.1, 0.15) is 110 Å². The Morgan fingerprint density at radius 3 is 1.24 bits per heavy atom. The van der Waals surface area contributed by atoms with E-state index in [1.54, 1.807) is 0 Å². The van der Waals surface area contributed by atoms with Crippen LogP contribution in [0.2, 0.25) is 0 Å². The molecular formula is C19H39KO4S. The third-order valence-corrected chi connectivity index (χ3v) is 5.98. The number of aliphatic hydroxyl groups excluding tert-OH is 1. The van der Waals surface area contributed by atoms with E-state index >= 15 is 0 Å². The molecule has 1 atom stereocenters. The summed E-state index contributed by atoms with van der Waals surface area (Å²) in [7, 11) is -4.08. The SMILES string of the molecule is CC(CCCCCCCCCCCCCCCCCO)S(=O)(=O)[O-].[K+]. The number of aliphatic hydroxyl groups is 1. The van der Waals surface area contributed by atoms with Crippen LogP contribution in [0, 0.1) is 0 Å². The van der Waals surface area contributed by atoms with Gasteiger partial charge in [-0.1, -0.05) is 89.9 Å². The smallest absolute Gasteiger partial charge is 0.748 e. The summed E-state index contributed by atoms with van der Waals surface area (Å²) in [6.07, 6.45) is 18.8. The molecule has 25 heavy (non-hydrogen) atoms. The average molecular weight is 403 g/mol. The van der Waals surface area contributed by atoms with E-state index in [0.29, 0.717) is 13.0 Å². The van der Waals surface area contributed by atoms with Crippen LogP contribution in [-0.2, 0) is 10.1 Å². The van der Waals surface area contributed by atoms with Crippen LogP contribution in [0.4, 0.5) is 0 Å². The molecule has 0 aromatic heterocycles. The zero-order chi connectivity index (χ0) is 18.1. The Bertz CT molecular complexity index is 360. The van der Waals surface area contributed by atoms with E-state index in [1.807, 2.05) is 0 Å². The minimum absolute atomic E-state index is 0. The number of rotatable bonds is 18. The predicted octanol–water partition coefficient (Wildman–Crippen LogP) is 2.16. The van der Waals surface area contributed by atoms with Gasteiger partial charge in [0.1, 0.15) is 0 Å². The second-order valence-electron chi connectivity index (χ2n) is 7.12. The first-order chi connectivity index (χ1) is 11.5. The van der Waals surface area contributed by atoms with Crippen LogP contribution >= 0.6 is 0 Å². The molecule has 1 unspecified atom stereocenters. The van der Waals surface area contributed by atoms with Crippen LogP contribution < -0.4 is 51.4 Å². The Balaban J connectivity index is 0. The maximum absolute atomic E-state index is 10.8. The molecule has 0 aromatic carbocycles. The summed E-state index contributed by atoms with van der Waals surface area (Å²) in [5.74, 6) is 0. The summed E-state index contributed by atoms with van der Waals surface area (Å²) in [5, 5.41) is 7.96. The van der Waals surface area contributed by atoms with Crippen LogP contribution in [0.3, 0.4) is 0 Å². The molecule has 0 amide bonds. The maximum atomic E-state index is 10.8. The topological polar surface area (TPSA) is 77.4 Å². The summed E-state index contributed by atoms with van der Waals surface area (Å²) in [5.41, 5.74) is 0. The Kier molecular flexibility index (Phi) is 23.3. The Morgan fingerprint density at radius 1 is 0.680 bits per heavy atom. The fraction of sp³-hybridized carbons (Fsp3) is 1.00. The fourth-order valence-electron chi connectivity index (χ4n) is 2.99. The molecule has 6 heteroatoms. The van der Waals surface area contributed by atoms with Crippen LogP contribution in [-0.4, -0.2) is 29.9 Å². The van der Waals surface area contributed by atoms with E-state index in [2.05, 4.69) is 0 Å². The van der Waals surface area contributed by atoms with Gasteiger partial charge in [-0.2, -0.15) is 0 Å². The van der Waals surface area contributed by atoms with E-state index < -0.39 is 15.4 Å². The van der Waals surface area contributed by atoms with Crippen molar-refractivity contribution in [2.75, 3.05) is 6.61 Å². The summed E-state index contributed by atoms with van der Waals surface area (Å²) in [4.78, 5) is 0. The fourth-order valence-corrected chi connectivity index (χ4v) is 3.44. The third kappa shape index (κ3) is 21.7. The molecule has 4 nitrogen and oxygen atoms in total. The summed E-state index contributed by atoms with van der Waals surface area (Å²) in [6, 6.07) is 0. The van der Waals surface area contributed by atoms with Crippen molar-refractivity contribution in [2.45, 2.75) is 115 Å². The zero-order valence-electron chi connectivity index (χ0n) is 16.7. The number of unbranched alkanes of at least 4 members (excludes halogenated alkanes) is 14. The first-order valence-electron chi connectivity index (χ1n) is 10.0. The summed E-state index contributed by atoms with van der Waals surface area (Å²) in [6.45, 7) is 1.85. The average Bonchev–Trinajstić information content (AvgIpc) is 2.53. The van der Waals surface area contributed by atoms with E-state index in [1.165, 1.54) is 77.6 Å². The normalized spacial score (nSPS) is 12.8. The van der Waals surface area contributed by atoms with Gasteiger partial charge < -0.3 is 9.66 Å². The summed E-state index contributed by atoms with van der Waals surface area (Å²) < 4.78 is 32.3. The zero-order valence-corrected chi connectivity index (χ0v) is 20.6. The van der Waals surface area contributed by atoms with Crippen LogP contribution in [0.25, 0.3) is 0 Å². The second kappa shape index (κ2) is 20.2. The molecule has 146 valence electrons. The monoisotopic (exact) mass is 402 g/mol. The van der Waals surface area contributed by atoms with Crippen molar-refractivity contribution in [3.63, 3.8) is 0 Å². The first kappa shape index (κ1) is 28.7. The molecule has 1 N–H and O–H groups in total. The van der Waals surface area contributed by atoms with E-state index in [0.717, 1.165) is 25.7 Å². The van der Waals surface area contributed by atoms with E-state index in [-0.39, 0.29) is 51.4 Å². The van der Waals surface area contributed by atoms with Gasteiger partial charge in [0, 0.05) is 11.9 Å². The Labute approximate surface area is 199 Å². The second-order valence-corrected chi connectivity index (χ2v) is 8.91. The van der Waals surface area contributed by atoms with Gasteiger partial charge in [0.15, 0.2) is 0 Å². The molecule has 0 aliphatic carbocycles. The molecule has 0 bridgehead atoms. The molecular weight excluding hydrogens is 363 g/mol. The summed E-state index contributed by atoms with van der Waals surface area (Å²) >= 11 is 0. The van der Waals surface area contributed by atoms with Crippen molar-refractivity contribution in [2.24, 2.45) is 0 Å².